The first-order valence-corrected chi connectivity index (χ1v) is 75.0. The summed E-state index contributed by atoms with van der Waals surface area (Å²) in [6, 6.07) is 9.59. The molecular formula is C63H123Cl3Si13Ti. The summed E-state index contributed by atoms with van der Waals surface area (Å²) in [7, 11) is -28.3. The maximum atomic E-state index is 3.20. The first kappa shape index (κ1) is 79.6. The molecule has 0 saturated carbocycles. The smallest absolute Gasteiger partial charge is 1.00 e. The molecule has 0 fully saturated rings. The van der Waals surface area contributed by atoms with Crippen molar-refractivity contribution in [2.75, 3.05) is 0 Å². The Balaban J connectivity index is 0.0000107. The van der Waals surface area contributed by atoms with Crippen molar-refractivity contribution in [1.82, 2.24) is 0 Å². The first-order chi connectivity index (χ1) is 33.4. The summed E-state index contributed by atoms with van der Waals surface area (Å²) in [5, 5.41) is 28.6. The second-order valence-corrected chi connectivity index (χ2v) is 103. The molecule has 0 unspecified atom stereocenters. The summed E-state index contributed by atoms with van der Waals surface area (Å²) >= 11 is 2.96. The van der Waals surface area contributed by atoms with Crippen LogP contribution in [0.5, 0.6) is 0 Å². The van der Waals surface area contributed by atoms with Gasteiger partial charge in [-0.3, -0.25) is 0 Å². The zero-order valence-corrected chi connectivity index (χ0v) is 76.7. The van der Waals surface area contributed by atoms with E-state index in [0.717, 1.165) is 0 Å². The van der Waals surface area contributed by atoms with Crippen molar-refractivity contribution in [2.45, 2.75) is 267 Å². The van der Waals surface area contributed by atoms with Crippen molar-refractivity contribution in [3.63, 3.8) is 0 Å². The molecule has 0 atom stereocenters. The van der Waals surface area contributed by atoms with Crippen molar-refractivity contribution in [2.24, 2.45) is 0 Å². The SMILES string of the molecule is CC1=C(C)[C]([Ti+3])([Si](c2cc([Si](C)(C)C)c([Si](C)(C)C)c([Si](C)(C)C)c2[Si](C)(C)C)(c2cc([Si](C)(C)C)c([Si](C)(C)C)c([Si](C)(C)C)c2[Si](C)(C)C)c2cc([Si](C)(C)C)c([Si](C)(C)C)c([Si](C)(C)C)c2[Si](C)(C)C)C(C)=C1C.[Cl-].[Cl-].[Cl-]. The van der Waals surface area contributed by atoms with Gasteiger partial charge in [-0.1, -0.05) is 0 Å². The standard InChI is InChI=1S/C63H123Si13.3ClH.Ti/c1-44-45(2)47(4)54(46(44)3)76(51-41-48(64(5,6)7)55(67(14,15)16)61(73(32,33)34)58(51)70(23,24)25,52-42-49(65(8,9)10)56(68(17,18)19)62(74(35,36)37)59(52)71(26,27)28)53-43-50(66(11,12)13)57(69(20,21)22)63(75(38,39)40)60(53)72(29,30)31;;;;/h41-43H,1-40H3;3*1H;/q;;;;+3/p-3. The van der Waals surface area contributed by atoms with E-state index in [1.807, 2.05) is 77.8 Å². The van der Waals surface area contributed by atoms with Crippen LogP contribution in [-0.4, -0.2) is 105 Å². The van der Waals surface area contributed by atoms with Gasteiger partial charge in [0.05, 0.1) is 0 Å². The average Bonchev–Trinajstić information content (AvgIpc) is 3.30. The minimum atomic E-state index is -3.53. The van der Waals surface area contributed by atoms with Crippen molar-refractivity contribution in [1.29, 1.82) is 0 Å². The Morgan fingerprint density at radius 3 is 0.487 bits per heavy atom. The van der Waals surface area contributed by atoms with Crippen LogP contribution < -0.4 is 115 Å². The maximum absolute atomic E-state index is 3.53. The van der Waals surface area contributed by atoms with Crippen LogP contribution in [-0.2, 0) is 20.4 Å². The molecule has 80 heavy (non-hydrogen) atoms. The van der Waals surface area contributed by atoms with Crippen LogP contribution in [0.4, 0.5) is 0 Å². The fraction of sp³-hybridized carbons (Fsp3) is 0.651. The molecule has 0 aromatic heterocycles. The number of halogens is 3. The molecule has 1 aliphatic carbocycles. The number of allylic oxidation sites excluding steroid dienone is 4. The molecule has 0 bridgehead atoms. The fourth-order valence-electron chi connectivity index (χ4n) is 14.6. The van der Waals surface area contributed by atoms with Gasteiger partial charge < -0.3 is 37.2 Å². The molecule has 0 radical (unpaired) electrons. The van der Waals surface area contributed by atoms with Gasteiger partial charge in [0.1, 0.15) is 0 Å². The van der Waals surface area contributed by atoms with Gasteiger partial charge in [0, 0.05) is 0 Å². The molecule has 0 spiro atoms. The van der Waals surface area contributed by atoms with Crippen molar-refractivity contribution < 1.29 is 57.7 Å². The van der Waals surface area contributed by atoms with Crippen molar-refractivity contribution >= 4 is 183 Å². The molecule has 0 saturated heterocycles. The molecule has 0 heterocycles. The largest absolute Gasteiger partial charge is 1.00 e. The van der Waals surface area contributed by atoms with E-state index in [9.17, 15) is 0 Å². The van der Waals surface area contributed by atoms with Gasteiger partial charge in [-0.25, -0.2) is 0 Å². The van der Waals surface area contributed by atoms with E-state index in [4.69, 9.17) is 0 Å². The Kier molecular flexibility index (Phi) is 23.9. The Morgan fingerprint density at radius 2 is 0.362 bits per heavy atom. The van der Waals surface area contributed by atoms with E-state index >= 15 is 0 Å². The van der Waals surface area contributed by atoms with E-state index in [1.54, 1.807) is 22.3 Å². The Morgan fingerprint density at radius 1 is 0.225 bits per heavy atom. The van der Waals surface area contributed by atoms with Gasteiger partial charge in [0.15, 0.2) is 0 Å². The Labute approximate surface area is 542 Å². The third kappa shape index (κ3) is 14.4. The van der Waals surface area contributed by atoms with Crippen molar-refractivity contribution in [3.05, 3.63) is 40.5 Å². The number of hydrogen-bond acceptors (Lipinski definition) is 0. The number of rotatable bonds is 16. The summed E-state index contributed by atoms with van der Waals surface area (Å²) in [4.78, 5) is 0. The number of benzene rings is 3. The third-order valence-corrected chi connectivity index (χ3v) is 53.3. The van der Waals surface area contributed by atoms with Gasteiger partial charge in [-0.15, -0.1) is 0 Å². The second kappa shape index (κ2) is 24.1. The zero-order chi connectivity index (χ0) is 61.1. The Bertz CT molecular complexity index is 2610. The second-order valence-electron chi connectivity index (χ2n) is 37.3. The molecule has 17 heteroatoms. The van der Waals surface area contributed by atoms with Crippen LogP contribution >= 0.6 is 0 Å². The van der Waals surface area contributed by atoms with Crippen LogP contribution in [0.25, 0.3) is 0 Å². The zero-order valence-electron chi connectivity index (χ0n) is 59.9. The molecule has 0 aliphatic heterocycles. The fourth-order valence-corrected chi connectivity index (χ4v) is 70.4. The van der Waals surface area contributed by atoms with Crippen LogP contribution in [0.15, 0.2) is 40.5 Å². The minimum Gasteiger partial charge on any atom is -1.00 e. The minimum absolute atomic E-state index is 0. The molecule has 3 aromatic rings. The molecule has 1 aliphatic rings. The molecule has 0 amide bonds. The Hall–Kier alpha value is 1.54. The van der Waals surface area contributed by atoms with Crippen LogP contribution in [0.1, 0.15) is 27.7 Å². The predicted molar refractivity (Wildman–Crippen MR) is 399 cm³/mol. The molecule has 0 nitrogen and oxygen atoms in total. The summed E-state index contributed by atoms with van der Waals surface area (Å²) in [6.07, 6.45) is 0. The van der Waals surface area contributed by atoms with Crippen LogP contribution in [0.3, 0.4) is 0 Å². The first-order valence-electron chi connectivity index (χ1n) is 30.2. The normalized spacial score (nSPS) is 16.0. The van der Waals surface area contributed by atoms with Crippen LogP contribution in [0, 0.1) is 0 Å². The van der Waals surface area contributed by atoms with E-state index < -0.39 is 105 Å². The molecule has 4 rings (SSSR count). The maximum Gasteiger partial charge on any atom is -1.00 e. The van der Waals surface area contributed by atoms with Crippen LogP contribution in [0.2, 0.25) is 239 Å². The van der Waals surface area contributed by atoms with Gasteiger partial charge in [-0.05, 0) is 0 Å². The van der Waals surface area contributed by atoms with E-state index in [1.165, 1.54) is 0 Å². The van der Waals surface area contributed by atoms with Gasteiger partial charge in [0.2, 0.25) is 0 Å². The molecule has 0 N–H and O–H groups in total. The van der Waals surface area contributed by atoms with Crippen molar-refractivity contribution in [3.8, 4) is 0 Å². The van der Waals surface area contributed by atoms with Gasteiger partial charge in [-0.2, -0.15) is 0 Å². The van der Waals surface area contributed by atoms with Gasteiger partial charge in [0.25, 0.3) is 0 Å². The quantitative estimate of drug-likeness (QED) is 0.153. The predicted octanol–water partition coefficient (Wildman–Crippen LogP) is 2.64. The van der Waals surface area contributed by atoms with E-state index in [2.05, 4.69) is 302 Å². The van der Waals surface area contributed by atoms with E-state index in [-0.39, 0.29) is 40.6 Å². The number of hydrogen-bond donors (Lipinski definition) is 0. The molecule has 3 aromatic carbocycles. The molecular weight excluding hydrogens is 1280 g/mol. The van der Waals surface area contributed by atoms with Gasteiger partial charge >= 0.3 is 510 Å². The molecule has 452 valence electrons. The topological polar surface area (TPSA) is 0 Å². The summed E-state index contributed by atoms with van der Waals surface area (Å²) in [5.41, 5.74) is 6.55. The summed E-state index contributed by atoms with van der Waals surface area (Å²) in [6.45, 7) is 111. The van der Waals surface area contributed by atoms with E-state index in [0.29, 0.717) is 0 Å². The average molecular weight is 1400 g/mol. The summed E-state index contributed by atoms with van der Waals surface area (Å²) < 4.78 is -0.228. The summed E-state index contributed by atoms with van der Waals surface area (Å²) in [5.74, 6) is 0. The third-order valence-electron chi connectivity index (χ3n) is 17.7. The monoisotopic (exact) mass is 1400 g/mol.